The van der Waals surface area contributed by atoms with Crippen LogP contribution in [0.4, 0.5) is 5.82 Å². The standard InChI is InChI=1S/C8H14N4/c9-8-7(10-12-11-8)6-4-2-1-3-5-6/h6H,1-5H2,(H3,9,10,11,12). The van der Waals surface area contributed by atoms with Crippen molar-refractivity contribution in [3.8, 4) is 0 Å². The molecule has 0 aliphatic heterocycles. The van der Waals surface area contributed by atoms with E-state index in [1.54, 1.807) is 0 Å². The van der Waals surface area contributed by atoms with E-state index in [-0.39, 0.29) is 0 Å². The Kier molecular flexibility index (Phi) is 1.98. The van der Waals surface area contributed by atoms with Crippen molar-refractivity contribution >= 4 is 5.82 Å². The number of nitrogens with zero attached hydrogens (tertiary/aromatic N) is 2. The Balaban J connectivity index is 2.13. The van der Waals surface area contributed by atoms with Gasteiger partial charge in [-0.1, -0.05) is 19.3 Å². The van der Waals surface area contributed by atoms with E-state index in [9.17, 15) is 0 Å². The average Bonchev–Trinajstić information content (AvgIpc) is 2.53. The molecular weight excluding hydrogens is 152 g/mol. The first-order valence-corrected chi connectivity index (χ1v) is 4.54. The van der Waals surface area contributed by atoms with Crippen molar-refractivity contribution in [3.63, 3.8) is 0 Å². The Morgan fingerprint density at radius 1 is 1.17 bits per heavy atom. The van der Waals surface area contributed by atoms with Crippen LogP contribution in [0.3, 0.4) is 0 Å². The number of nitrogen functional groups attached to an aromatic ring is 1. The molecular formula is C8H14N4. The van der Waals surface area contributed by atoms with E-state index in [2.05, 4.69) is 15.4 Å². The number of nitrogens with two attached hydrogens (primary N) is 1. The highest BCUT2D eigenvalue weighted by atomic mass is 15.3. The maximum atomic E-state index is 5.67. The van der Waals surface area contributed by atoms with Gasteiger partial charge in [-0.25, -0.2) is 0 Å². The first kappa shape index (κ1) is 7.58. The van der Waals surface area contributed by atoms with Gasteiger partial charge in [-0.15, -0.1) is 5.10 Å². The summed E-state index contributed by atoms with van der Waals surface area (Å²) >= 11 is 0. The second kappa shape index (κ2) is 3.13. The minimum Gasteiger partial charge on any atom is -0.381 e. The predicted molar refractivity (Wildman–Crippen MR) is 46.6 cm³/mol. The third-order valence-corrected chi connectivity index (χ3v) is 2.60. The zero-order valence-electron chi connectivity index (χ0n) is 7.08. The van der Waals surface area contributed by atoms with Gasteiger partial charge in [0.15, 0.2) is 5.82 Å². The molecule has 1 aliphatic carbocycles. The lowest BCUT2D eigenvalue weighted by molar-refractivity contribution is 0.437. The zero-order chi connectivity index (χ0) is 8.39. The van der Waals surface area contributed by atoms with Gasteiger partial charge in [0.05, 0.1) is 0 Å². The van der Waals surface area contributed by atoms with Gasteiger partial charge in [0.25, 0.3) is 0 Å². The number of hydrogen-bond acceptors (Lipinski definition) is 3. The fourth-order valence-electron chi connectivity index (χ4n) is 1.92. The first-order valence-electron chi connectivity index (χ1n) is 4.54. The first-order chi connectivity index (χ1) is 5.88. The molecule has 1 heterocycles. The molecule has 0 radical (unpaired) electrons. The van der Waals surface area contributed by atoms with E-state index >= 15 is 0 Å². The van der Waals surface area contributed by atoms with Crippen LogP contribution in [-0.2, 0) is 0 Å². The molecule has 1 aromatic heterocycles. The van der Waals surface area contributed by atoms with Crippen LogP contribution in [0.15, 0.2) is 0 Å². The molecule has 2 rings (SSSR count). The molecule has 3 N–H and O–H groups in total. The SMILES string of the molecule is Nc1n[nH]nc1C1CCCCC1. The van der Waals surface area contributed by atoms with Gasteiger partial charge in [-0.3, -0.25) is 0 Å². The molecule has 1 saturated carbocycles. The monoisotopic (exact) mass is 166 g/mol. The average molecular weight is 166 g/mol. The van der Waals surface area contributed by atoms with Gasteiger partial charge < -0.3 is 5.73 Å². The molecule has 12 heavy (non-hydrogen) atoms. The quantitative estimate of drug-likeness (QED) is 0.663. The lowest BCUT2D eigenvalue weighted by atomic mass is 9.87. The molecule has 1 aliphatic rings. The van der Waals surface area contributed by atoms with E-state index in [0.717, 1.165) is 5.69 Å². The van der Waals surface area contributed by atoms with Crippen molar-refractivity contribution in [2.45, 2.75) is 38.0 Å². The highest BCUT2D eigenvalue weighted by Gasteiger charge is 2.20. The molecule has 0 atom stereocenters. The number of anilines is 1. The molecule has 0 saturated heterocycles. The minimum atomic E-state index is 0.553. The van der Waals surface area contributed by atoms with E-state index in [4.69, 9.17) is 5.73 Å². The summed E-state index contributed by atoms with van der Waals surface area (Å²) in [6.07, 6.45) is 6.40. The van der Waals surface area contributed by atoms with Gasteiger partial charge in [-0.05, 0) is 12.8 Å². The largest absolute Gasteiger partial charge is 0.381 e. The fraction of sp³-hybridized carbons (Fsp3) is 0.750. The number of H-pyrrole nitrogens is 1. The van der Waals surface area contributed by atoms with Crippen LogP contribution in [0.25, 0.3) is 0 Å². The molecule has 1 fully saturated rings. The number of aromatic amines is 1. The number of nitrogens with one attached hydrogen (secondary N) is 1. The van der Waals surface area contributed by atoms with Crippen molar-refractivity contribution < 1.29 is 0 Å². The topological polar surface area (TPSA) is 67.6 Å². The Morgan fingerprint density at radius 2 is 1.92 bits per heavy atom. The van der Waals surface area contributed by atoms with Crippen LogP contribution >= 0.6 is 0 Å². The Bertz CT molecular complexity index is 249. The lowest BCUT2D eigenvalue weighted by Gasteiger charge is -2.19. The highest BCUT2D eigenvalue weighted by molar-refractivity contribution is 5.34. The van der Waals surface area contributed by atoms with Crippen molar-refractivity contribution in [3.05, 3.63) is 5.69 Å². The zero-order valence-corrected chi connectivity index (χ0v) is 7.08. The third-order valence-electron chi connectivity index (χ3n) is 2.60. The van der Waals surface area contributed by atoms with Crippen LogP contribution in [0, 0.1) is 0 Å². The number of aromatic nitrogens is 3. The van der Waals surface area contributed by atoms with Gasteiger partial charge >= 0.3 is 0 Å². The molecule has 0 bridgehead atoms. The summed E-state index contributed by atoms with van der Waals surface area (Å²) in [5.41, 5.74) is 6.65. The van der Waals surface area contributed by atoms with Crippen molar-refractivity contribution in [1.82, 2.24) is 15.4 Å². The van der Waals surface area contributed by atoms with Crippen LogP contribution in [0.1, 0.15) is 43.7 Å². The van der Waals surface area contributed by atoms with E-state index in [1.807, 2.05) is 0 Å². The Hall–Kier alpha value is -1.06. The van der Waals surface area contributed by atoms with Crippen molar-refractivity contribution in [1.29, 1.82) is 0 Å². The summed E-state index contributed by atoms with van der Waals surface area (Å²) in [6.45, 7) is 0. The molecule has 66 valence electrons. The second-order valence-electron chi connectivity index (χ2n) is 3.43. The maximum absolute atomic E-state index is 5.67. The number of rotatable bonds is 1. The molecule has 4 nitrogen and oxygen atoms in total. The van der Waals surface area contributed by atoms with E-state index < -0.39 is 0 Å². The molecule has 0 amide bonds. The summed E-state index contributed by atoms with van der Waals surface area (Å²) in [7, 11) is 0. The fourth-order valence-corrected chi connectivity index (χ4v) is 1.92. The summed E-state index contributed by atoms with van der Waals surface area (Å²) in [5, 5.41) is 10.5. The normalized spacial score (nSPS) is 19.7. The van der Waals surface area contributed by atoms with E-state index in [1.165, 1.54) is 32.1 Å². The van der Waals surface area contributed by atoms with Gasteiger partial charge in [-0.2, -0.15) is 10.3 Å². The summed E-state index contributed by atoms with van der Waals surface area (Å²) in [6, 6.07) is 0. The van der Waals surface area contributed by atoms with Crippen LogP contribution < -0.4 is 5.73 Å². The highest BCUT2D eigenvalue weighted by Crippen LogP contribution is 2.32. The van der Waals surface area contributed by atoms with Gasteiger partial charge in [0.2, 0.25) is 0 Å². The summed E-state index contributed by atoms with van der Waals surface area (Å²) in [5.74, 6) is 1.14. The molecule has 4 heteroatoms. The maximum Gasteiger partial charge on any atom is 0.169 e. The van der Waals surface area contributed by atoms with Gasteiger partial charge in [0, 0.05) is 5.92 Å². The van der Waals surface area contributed by atoms with Crippen molar-refractivity contribution in [2.75, 3.05) is 5.73 Å². The van der Waals surface area contributed by atoms with Crippen LogP contribution in [-0.4, -0.2) is 15.4 Å². The third kappa shape index (κ3) is 1.29. The summed E-state index contributed by atoms with van der Waals surface area (Å²) in [4.78, 5) is 0. The van der Waals surface area contributed by atoms with Crippen LogP contribution in [0.2, 0.25) is 0 Å². The smallest absolute Gasteiger partial charge is 0.169 e. The summed E-state index contributed by atoms with van der Waals surface area (Å²) < 4.78 is 0. The Morgan fingerprint density at radius 3 is 2.50 bits per heavy atom. The van der Waals surface area contributed by atoms with Crippen molar-refractivity contribution in [2.24, 2.45) is 0 Å². The van der Waals surface area contributed by atoms with E-state index in [0.29, 0.717) is 11.7 Å². The predicted octanol–water partition coefficient (Wildman–Crippen LogP) is 1.43. The molecule has 1 aromatic rings. The second-order valence-corrected chi connectivity index (χ2v) is 3.43. The number of hydrogen-bond donors (Lipinski definition) is 2. The molecule has 0 aromatic carbocycles. The molecule has 0 unspecified atom stereocenters. The molecule has 0 spiro atoms. The Labute approximate surface area is 71.5 Å². The van der Waals surface area contributed by atoms with Gasteiger partial charge in [0.1, 0.15) is 5.69 Å². The van der Waals surface area contributed by atoms with Crippen LogP contribution in [0.5, 0.6) is 0 Å². The lowest BCUT2D eigenvalue weighted by Crippen LogP contribution is -2.07. The minimum absolute atomic E-state index is 0.553.